The van der Waals surface area contributed by atoms with E-state index < -0.39 is 66.3 Å². The molecule has 2 aromatic carbocycles. The van der Waals surface area contributed by atoms with E-state index in [0.717, 1.165) is 35.8 Å². The van der Waals surface area contributed by atoms with E-state index in [-0.39, 0.29) is 29.0 Å². The fourth-order valence-electron chi connectivity index (χ4n) is 8.46. The number of halogens is 1. The zero-order chi connectivity index (χ0) is 53.6. The largest absolute Gasteiger partial charge is 0.493 e. The number of benzene rings is 1. The number of rotatable bonds is 23. The van der Waals surface area contributed by atoms with Crippen molar-refractivity contribution in [2.75, 3.05) is 42.2 Å². The summed E-state index contributed by atoms with van der Waals surface area (Å²) in [4.78, 5) is 81.3. The van der Waals surface area contributed by atoms with Gasteiger partial charge in [-0.3, -0.25) is 22.7 Å². The Kier molecular flexibility index (Phi) is 27.6. The molecule has 0 spiro atoms. The van der Waals surface area contributed by atoms with Crippen molar-refractivity contribution >= 4 is 59.9 Å². The van der Waals surface area contributed by atoms with Crippen LogP contribution < -0.4 is 54.9 Å². The minimum absolute atomic E-state index is 0.0249. The fraction of sp³-hybridized carbons (Fsp3) is 0.540. The molecule has 0 aromatic heterocycles. The Morgan fingerprint density at radius 2 is 1.41 bits per heavy atom. The first-order chi connectivity index (χ1) is 33.3. The summed E-state index contributed by atoms with van der Waals surface area (Å²) < 4.78 is 25.6. The van der Waals surface area contributed by atoms with Gasteiger partial charge in [0.2, 0.25) is 28.9 Å². The van der Waals surface area contributed by atoms with Crippen LogP contribution in [0.25, 0.3) is 11.1 Å². The van der Waals surface area contributed by atoms with E-state index in [0.29, 0.717) is 66.4 Å². The van der Waals surface area contributed by atoms with Crippen molar-refractivity contribution in [1.29, 1.82) is 0 Å². The van der Waals surface area contributed by atoms with Crippen LogP contribution in [0.2, 0.25) is 0 Å². The van der Waals surface area contributed by atoms with E-state index in [1.165, 1.54) is 7.11 Å². The number of hydrogen-bond acceptors (Lipinski definition) is 16. The van der Waals surface area contributed by atoms with Crippen molar-refractivity contribution in [3.8, 4) is 34.1 Å². The topological polar surface area (TPSA) is 283 Å². The molecular formula is C50H75IN6O13. The standard InChI is InChI=1S/C30H40IN3O6.C18H29N3O5.CH4O.CH2O/c1-16(2)13-23(32-17(3)18(4)34-31)30(36)33-22-11-9-19-14-26(38-6)28(39-7)29(40-8)27(19)20-10-12-25(37-5)24(35)15-21(20)22;1-9(2)5-12(6-22)20-10(3)11(4)21-18(26)16-13(7-23)15(17(19)25)14(16)8-24;2*1-2/h10,12,14-16,18,22-23,32,34H,3,9,11,13H2,1-2,4-8H3,(H,33,36);6-7,9,11-16,20,24H,3,5,8H2,1-2,4H3,(H2,19,25)(H,21,26);2H,1H3;1H2. The maximum atomic E-state index is 13.8. The third-order valence-electron chi connectivity index (χ3n) is 12.0. The van der Waals surface area contributed by atoms with Gasteiger partial charge in [0.25, 0.3) is 0 Å². The lowest BCUT2D eigenvalue weighted by Gasteiger charge is -2.46. The molecular weight excluding hydrogens is 1020 g/mol. The average Bonchev–Trinajstić information content (AvgIpc) is 3.58. The van der Waals surface area contributed by atoms with Gasteiger partial charge in [-0.2, -0.15) is 0 Å². The van der Waals surface area contributed by atoms with Gasteiger partial charge in [0, 0.05) is 65.4 Å². The molecule has 9 unspecified atom stereocenters. The van der Waals surface area contributed by atoms with Crippen LogP contribution in [-0.4, -0.2) is 114 Å². The lowest BCUT2D eigenvalue weighted by molar-refractivity contribution is -0.157. The Hall–Kier alpha value is -5.58. The van der Waals surface area contributed by atoms with Crippen LogP contribution in [0.15, 0.2) is 53.6 Å². The van der Waals surface area contributed by atoms with Gasteiger partial charge in [0.15, 0.2) is 17.2 Å². The van der Waals surface area contributed by atoms with Crippen LogP contribution in [0.1, 0.15) is 78.0 Å². The van der Waals surface area contributed by atoms with Crippen molar-refractivity contribution in [2.45, 2.75) is 97.4 Å². The second kappa shape index (κ2) is 30.9. The fourth-order valence-corrected chi connectivity index (χ4v) is 8.84. The summed E-state index contributed by atoms with van der Waals surface area (Å²) in [6.45, 7) is 21.4. The van der Waals surface area contributed by atoms with Crippen LogP contribution in [-0.2, 0) is 35.2 Å². The summed E-state index contributed by atoms with van der Waals surface area (Å²) >= 11 is 2.07. The maximum Gasteiger partial charge on any atom is 0.242 e. The minimum atomic E-state index is -0.846. The van der Waals surface area contributed by atoms with Gasteiger partial charge >= 0.3 is 0 Å². The molecule has 19 nitrogen and oxygen atoms in total. The van der Waals surface area contributed by atoms with Gasteiger partial charge in [-0.05, 0) is 86.3 Å². The van der Waals surface area contributed by atoms with E-state index in [4.69, 9.17) is 34.6 Å². The van der Waals surface area contributed by atoms with Crippen molar-refractivity contribution in [2.24, 2.45) is 41.2 Å². The summed E-state index contributed by atoms with van der Waals surface area (Å²) in [5.41, 5.74) is 9.33. The zero-order valence-corrected chi connectivity index (χ0v) is 44.5. The molecule has 2 aliphatic carbocycles. The molecule has 9 N–H and O–H groups in total. The molecule has 3 amide bonds. The van der Waals surface area contributed by atoms with Crippen molar-refractivity contribution in [3.63, 3.8) is 0 Å². The Bertz CT molecular complexity index is 2160. The van der Waals surface area contributed by atoms with Crippen LogP contribution in [0, 0.1) is 35.5 Å². The molecule has 0 aliphatic heterocycles. The third kappa shape index (κ3) is 16.2. The summed E-state index contributed by atoms with van der Waals surface area (Å²) in [7, 11) is 7.17. The van der Waals surface area contributed by atoms with E-state index in [1.54, 1.807) is 40.4 Å². The molecule has 0 bridgehead atoms. The van der Waals surface area contributed by atoms with E-state index in [9.17, 15) is 33.9 Å². The molecule has 0 saturated heterocycles. The second-order valence-electron chi connectivity index (χ2n) is 17.5. The number of nitrogens with two attached hydrogens (primary N) is 1. The van der Waals surface area contributed by atoms with Gasteiger partial charge in [-0.15, -0.1) is 0 Å². The first kappa shape index (κ1) is 62.4. The van der Waals surface area contributed by atoms with Crippen molar-refractivity contribution in [1.82, 2.24) is 24.8 Å². The van der Waals surface area contributed by atoms with Gasteiger partial charge in [0.1, 0.15) is 25.4 Å². The lowest BCUT2D eigenvalue weighted by atomic mass is 9.56. The molecule has 70 heavy (non-hydrogen) atoms. The Morgan fingerprint density at radius 3 is 1.90 bits per heavy atom. The highest BCUT2D eigenvalue weighted by Crippen LogP contribution is 2.50. The third-order valence-corrected chi connectivity index (χ3v) is 12.9. The molecule has 1 saturated carbocycles. The zero-order valence-electron chi connectivity index (χ0n) is 42.3. The molecule has 9 atom stereocenters. The Labute approximate surface area is 426 Å². The molecule has 1 fully saturated rings. The van der Waals surface area contributed by atoms with Crippen molar-refractivity contribution < 1.29 is 57.9 Å². The van der Waals surface area contributed by atoms with Gasteiger partial charge in [0.05, 0.1) is 64.4 Å². The molecule has 0 heterocycles. The number of aldehydes is 2. The number of aliphatic hydroxyl groups excluding tert-OH is 2. The number of aliphatic hydroxyl groups is 2. The van der Waals surface area contributed by atoms with Gasteiger partial charge in [-0.1, -0.05) is 46.9 Å². The second-order valence-corrected chi connectivity index (χ2v) is 18.1. The molecule has 2 aliphatic rings. The van der Waals surface area contributed by atoms with Crippen LogP contribution >= 0.6 is 22.9 Å². The quantitative estimate of drug-likeness (QED) is 0.0449. The van der Waals surface area contributed by atoms with E-state index in [1.807, 2.05) is 39.7 Å². The highest BCUT2D eigenvalue weighted by molar-refractivity contribution is 14.1. The first-order valence-corrected chi connectivity index (χ1v) is 23.8. The number of aryl methyl sites for hydroxylation is 1. The van der Waals surface area contributed by atoms with Crippen molar-refractivity contribution in [3.05, 3.63) is 70.2 Å². The SMILES string of the molecule is C=C(NC(C=O)CC(C)C)C(C)NC(=O)C1C(C=O)C(C(N)=O)C1CO.C=C(NC(CC(C)C)C(=O)NC1CCc2cc(OC)c(OC)c(OC)c2-c2ccc(OC)c(=O)cc21)C(C)NI.C=O.CO. The maximum absolute atomic E-state index is 13.8. The number of hydrogen-bond donors (Lipinski definition) is 8. The number of nitrogens with one attached hydrogen (secondary N) is 5. The smallest absolute Gasteiger partial charge is 0.242 e. The van der Waals surface area contributed by atoms with Gasteiger partial charge < -0.3 is 70.5 Å². The number of primary amides is 1. The highest BCUT2D eigenvalue weighted by atomic mass is 127. The summed E-state index contributed by atoms with van der Waals surface area (Å²) in [6.07, 6.45) is 3.74. The van der Waals surface area contributed by atoms with Gasteiger partial charge in [-0.25, -0.2) is 0 Å². The summed E-state index contributed by atoms with van der Waals surface area (Å²) in [5, 5.41) is 28.7. The number of methoxy groups -OCH3 is 4. The van der Waals surface area contributed by atoms with E-state index >= 15 is 0 Å². The Balaban J connectivity index is 0.000000707. The minimum Gasteiger partial charge on any atom is -0.493 e. The summed E-state index contributed by atoms with van der Waals surface area (Å²) in [5.74, 6) is -2.22. The predicted octanol–water partition coefficient (Wildman–Crippen LogP) is 3.48. The number of carbonyl (C=O) groups is 6. The molecule has 20 heteroatoms. The monoisotopic (exact) mass is 1090 g/mol. The normalized spacial score (nSPS) is 19.1. The van der Waals surface area contributed by atoms with Crippen LogP contribution in [0.3, 0.4) is 0 Å². The highest BCUT2D eigenvalue weighted by Gasteiger charge is 2.56. The number of amides is 3. The lowest BCUT2D eigenvalue weighted by Crippen LogP contribution is -2.61. The number of ether oxygens (including phenoxy) is 4. The van der Waals surface area contributed by atoms with Crippen LogP contribution in [0.5, 0.6) is 23.0 Å². The Morgan fingerprint density at radius 1 is 0.829 bits per heavy atom. The summed E-state index contributed by atoms with van der Waals surface area (Å²) in [6, 6.07) is 5.09. The first-order valence-electron chi connectivity index (χ1n) is 22.7. The average molecular weight is 1100 g/mol. The predicted molar refractivity (Wildman–Crippen MR) is 276 cm³/mol. The molecule has 2 aromatic rings. The van der Waals surface area contributed by atoms with E-state index in [2.05, 4.69) is 74.7 Å². The number of carbonyl (C=O) groups excluding carboxylic acids is 6. The molecule has 4 rings (SSSR count). The number of fused-ring (bicyclic) bond motifs is 3. The molecule has 390 valence electrons. The van der Waals surface area contributed by atoms with Crippen LogP contribution in [0.4, 0.5) is 0 Å². The molecule has 0 radical (unpaired) electrons.